The van der Waals surface area contributed by atoms with Crippen molar-refractivity contribution in [3.63, 3.8) is 0 Å². The number of hydrogen-bond acceptors (Lipinski definition) is 7. The van der Waals surface area contributed by atoms with E-state index >= 15 is 0 Å². The number of anilines is 3. The summed E-state index contributed by atoms with van der Waals surface area (Å²) in [7, 11) is 1.84. The molecule has 35 heavy (non-hydrogen) atoms. The Morgan fingerprint density at radius 2 is 1.94 bits per heavy atom. The molecule has 0 saturated carbocycles. The molecule has 4 rings (SSSR count). The lowest BCUT2D eigenvalue weighted by Gasteiger charge is -2.36. The Labute approximate surface area is 207 Å². The Balaban J connectivity index is 0.00000342. The third-order valence-corrected chi connectivity index (χ3v) is 5.53. The van der Waals surface area contributed by atoms with E-state index in [4.69, 9.17) is 0 Å². The van der Waals surface area contributed by atoms with Crippen LogP contribution in [0.15, 0.2) is 30.6 Å². The largest absolute Gasteiger partial charge is 0.433 e. The summed E-state index contributed by atoms with van der Waals surface area (Å²) in [4.78, 5) is 27.0. The maximum Gasteiger partial charge on any atom is 0.433 e. The molecule has 1 atom stereocenters. The highest BCUT2D eigenvalue weighted by Crippen LogP contribution is 2.34. The number of nitrogens with one attached hydrogen (secondary N) is 2. The van der Waals surface area contributed by atoms with Gasteiger partial charge in [-0.25, -0.2) is 9.97 Å². The van der Waals surface area contributed by atoms with Gasteiger partial charge in [-0.3, -0.25) is 9.48 Å². The molecule has 0 spiro atoms. The summed E-state index contributed by atoms with van der Waals surface area (Å²) in [5.41, 5.74) is 1.36. The van der Waals surface area contributed by atoms with Crippen molar-refractivity contribution in [3.05, 3.63) is 53.2 Å². The molecule has 9 nitrogen and oxygen atoms in total. The van der Waals surface area contributed by atoms with Crippen LogP contribution in [0.1, 0.15) is 36.5 Å². The van der Waals surface area contributed by atoms with E-state index in [9.17, 15) is 18.0 Å². The second-order valence-corrected chi connectivity index (χ2v) is 8.53. The Bertz CT molecular complexity index is 1210. The molecule has 0 radical (unpaired) electrons. The Morgan fingerprint density at radius 1 is 1.20 bits per heavy atom. The number of alkyl halides is 3. The van der Waals surface area contributed by atoms with Crippen LogP contribution in [0.2, 0.25) is 0 Å². The summed E-state index contributed by atoms with van der Waals surface area (Å²) in [6.07, 6.45) is -1.15. The van der Waals surface area contributed by atoms with Gasteiger partial charge in [0.2, 0.25) is 11.9 Å². The molecular formula is C22H27F3N8OS. The maximum atomic E-state index is 12.9. The number of rotatable bonds is 6. The summed E-state index contributed by atoms with van der Waals surface area (Å²) in [5.74, 6) is 1.05. The number of hydrogen-bond donors (Lipinski definition) is 2. The lowest BCUT2D eigenvalue weighted by molar-refractivity contribution is -0.141. The molecule has 1 aliphatic heterocycles. The Kier molecular flexibility index (Phi) is 7.58. The minimum atomic E-state index is -4.49. The van der Waals surface area contributed by atoms with Crippen LogP contribution in [0.3, 0.4) is 0 Å². The topological polar surface area (TPSA) is 101 Å². The van der Waals surface area contributed by atoms with Crippen LogP contribution in [-0.4, -0.2) is 43.7 Å². The van der Waals surface area contributed by atoms with Crippen molar-refractivity contribution >= 4 is 36.9 Å². The van der Waals surface area contributed by atoms with Crippen molar-refractivity contribution in [2.75, 3.05) is 22.6 Å². The van der Waals surface area contributed by atoms with Crippen molar-refractivity contribution in [1.82, 2.24) is 24.7 Å². The first-order valence-corrected chi connectivity index (χ1v) is 10.7. The highest BCUT2D eigenvalue weighted by Gasteiger charge is 2.35. The fourth-order valence-electron chi connectivity index (χ4n) is 3.95. The Hall–Kier alpha value is -3.35. The van der Waals surface area contributed by atoms with Gasteiger partial charge in [0.15, 0.2) is 5.82 Å². The van der Waals surface area contributed by atoms with E-state index in [1.165, 1.54) is 16.8 Å². The third-order valence-electron chi connectivity index (χ3n) is 5.53. The first kappa shape index (κ1) is 26.3. The van der Waals surface area contributed by atoms with Crippen LogP contribution in [0.4, 0.5) is 30.6 Å². The molecule has 1 amide bonds. The van der Waals surface area contributed by atoms with Crippen molar-refractivity contribution in [3.8, 4) is 0 Å². The van der Waals surface area contributed by atoms with Gasteiger partial charge >= 0.3 is 6.18 Å². The monoisotopic (exact) mass is 508 g/mol. The number of carbonyl (C=O) groups excluding carboxylic acids is 1. The van der Waals surface area contributed by atoms with Gasteiger partial charge in [-0.15, -0.1) is 0 Å². The van der Waals surface area contributed by atoms with Crippen LogP contribution in [-0.2, 0) is 24.1 Å². The van der Waals surface area contributed by atoms with Gasteiger partial charge in [-0.1, -0.05) is 19.9 Å². The first-order chi connectivity index (χ1) is 16.0. The summed E-state index contributed by atoms with van der Waals surface area (Å²) < 4.78 is 40.2. The van der Waals surface area contributed by atoms with Gasteiger partial charge in [-0.2, -0.15) is 36.7 Å². The molecule has 1 aliphatic rings. The highest BCUT2D eigenvalue weighted by atomic mass is 32.1. The van der Waals surface area contributed by atoms with E-state index in [0.717, 1.165) is 11.6 Å². The van der Waals surface area contributed by atoms with Crippen LogP contribution in [0.5, 0.6) is 0 Å². The second kappa shape index (κ2) is 10.1. The number of nitrogens with zero attached hydrogens (tertiary/aromatic N) is 6. The molecule has 0 aliphatic carbocycles. The molecular weight excluding hydrogens is 481 g/mol. The molecule has 0 unspecified atom stereocenters. The van der Waals surface area contributed by atoms with Gasteiger partial charge in [0, 0.05) is 25.4 Å². The summed E-state index contributed by atoms with van der Waals surface area (Å²) in [6, 6.07) is 3.46. The van der Waals surface area contributed by atoms with E-state index in [1.807, 2.05) is 25.8 Å². The quantitative estimate of drug-likeness (QED) is 0.525. The summed E-state index contributed by atoms with van der Waals surface area (Å²) in [5, 5.41) is 10.3. The Morgan fingerprint density at radius 3 is 2.63 bits per heavy atom. The zero-order valence-corrected chi connectivity index (χ0v) is 20.7. The van der Waals surface area contributed by atoms with Crippen LogP contribution in [0, 0.1) is 12.8 Å². The number of pyridine rings is 1. The predicted octanol–water partition coefficient (Wildman–Crippen LogP) is 3.58. The van der Waals surface area contributed by atoms with Gasteiger partial charge in [0.1, 0.15) is 17.4 Å². The van der Waals surface area contributed by atoms with E-state index in [1.54, 1.807) is 19.3 Å². The summed E-state index contributed by atoms with van der Waals surface area (Å²) in [6.45, 7) is 6.23. The lowest BCUT2D eigenvalue weighted by Crippen LogP contribution is -2.49. The predicted molar refractivity (Wildman–Crippen MR) is 131 cm³/mol. The molecule has 0 fully saturated rings. The molecule has 3 aromatic rings. The standard InChI is InChI=1S/C22H25F3N8O.H2S/c1-12(2)18-20(34)30-17-13(3)28-21(31-19(17)32(18)4)26-8-14-9-27-33(10-14)11-15-6-5-7-16(29-15)22(23,24)25;/h5-7,9-10,12,18H,8,11H2,1-4H3,(H,30,34)(H,26,28,31);1H2/t18-;/m0./s1. The average Bonchev–Trinajstić information content (AvgIpc) is 3.20. The van der Waals surface area contributed by atoms with Crippen molar-refractivity contribution in [2.45, 2.75) is 46.1 Å². The van der Waals surface area contributed by atoms with Crippen molar-refractivity contribution in [1.29, 1.82) is 0 Å². The lowest BCUT2D eigenvalue weighted by atomic mass is 9.99. The highest BCUT2D eigenvalue weighted by molar-refractivity contribution is 7.59. The second-order valence-electron chi connectivity index (χ2n) is 8.53. The van der Waals surface area contributed by atoms with Crippen LogP contribution >= 0.6 is 13.5 Å². The minimum Gasteiger partial charge on any atom is -0.350 e. The van der Waals surface area contributed by atoms with Crippen molar-refractivity contribution < 1.29 is 18.0 Å². The molecule has 3 aromatic heterocycles. The number of amides is 1. The van der Waals surface area contributed by atoms with E-state index in [2.05, 4.69) is 30.7 Å². The SMILES string of the molecule is Cc1nc(NCc2cnn(Cc3cccc(C(F)(F)F)n3)c2)nc2c1NC(=O)[C@H](C(C)C)N2C.S. The number of halogens is 3. The van der Waals surface area contributed by atoms with Gasteiger partial charge < -0.3 is 15.5 Å². The fraction of sp³-hybridized carbons (Fsp3) is 0.409. The minimum absolute atomic E-state index is 0. The molecule has 13 heteroatoms. The third kappa shape index (κ3) is 5.66. The van der Waals surface area contributed by atoms with Crippen molar-refractivity contribution in [2.24, 2.45) is 5.92 Å². The van der Waals surface area contributed by atoms with E-state index < -0.39 is 11.9 Å². The zero-order chi connectivity index (χ0) is 24.6. The molecule has 188 valence electrons. The number of likely N-dealkylation sites (N-methyl/N-ethyl adjacent to an activating group) is 1. The van der Waals surface area contributed by atoms with Crippen LogP contribution < -0.4 is 15.5 Å². The summed E-state index contributed by atoms with van der Waals surface area (Å²) >= 11 is 0. The number of aromatic nitrogens is 5. The zero-order valence-electron chi connectivity index (χ0n) is 19.7. The average molecular weight is 509 g/mol. The molecule has 4 heterocycles. The molecule has 0 saturated heterocycles. The number of carbonyl (C=O) groups is 1. The number of fused-ring (bicyclic) bond motifs is 1. The fourth-order valence-corrected chi connectivity index (χ4v) is 3.95. The molecule has 0 bridgehead atoms. The van der Waals surface area contributed by atoms with Gasteiger partial charge in [-0.05, 0) is 25.0 Å². The first-order valence-electron chi connectivity index (χ1n) is 10.7. The van der Waals surface area contributed by atoms with Crippen LogP contribution in [0.25, 0.3) is 0 Å². The van der Waals surface area contributed by atoms with E-state index in [0.29, 0.717) is 29.7 Å². The smallest absolute Gasteiger partial charge is 0.350 e. The normalized spacial score (nSPS) is 15.5. The number of aryl methyl sites for hydroxylation is 1. The molecule has 2 N–H and O–H groups in total. The van der Waals surface area contributed by atoms with Gasteiger partial charge in [0.25, 0.3) is 0 Å². The van der Waals surface area contributed by atoms with Gasteiger partial charge in [0.05, 0.1) is 24.1 Å². The van der Waals surface area contributed by atoms with E-state index in [-0.39, 0.29) is 43.6 Å². The maximum absolute atomic E-state index is 12.9. The molecule has 0 aromatic carbocycles.